The maximum atomic E-state index is 2.49. The molecule has 0 amide bonds. The Balaban J connectivity index is 1.15. The lowest BCUT2D eigenvalue weighted by molar-refractivity contribution is 0.767. The zero-order valence-corrected chi connectivity index (χ0v) is 31.8. The predicted molar refractivity (Wildman–Crippen MR) is 244 cm³/mol. The van der Waals surface area contributed by atoms with Crippen LogP contribution in [0.5, 0.6) is 0 Å². The van der Waals surface area contributed by atoms with Crippen molar-refractivity contribution in [1.29, 1.82) is 0 Å². The van der Waals surface area contributed by atoms with Crippen LogP contribution in [-0.4, -0.2) is 4.57 Å². The largest absolute Gasteiger partial charge is 0.309 e. The SMILES string of the molecule is c1ccc(C2(c3ccccc3)c3ccccc3-c3ccc(-n4c5ccc(-c6cccc7ccccc67)cc5c5cc(-c6cccc7ccccc67)ccc54)cc32)cc1. The molecule has 1 heterocycles. The van der Waals surface area contributed by atoms with Crippen molar-refractivity contribution in [2.75, 3.05) is 0 Å². The van der Waals surface area contributed by atoms with Gasteiger partial charge >= 0.3 is 0 Å². The molecule has 10 aromatic carbocycles. The Morgan fingerprint density at radius 1 is 0.293 bits per heavy atom. The van der Waals surface area contributed by atoms with Gasteiger partial charge < -0.3 is 4.57 Å². The van der Waals surface area contributed by atoms with E-state index in [4.69, 9.17) is 0 Å². The minimum Gasteiger partial charge on any atom is -0.309 e. The molecule has 0 saturated carbocycles. The fraction of sp³-hybridized carbons (Fsp3) is 0.0175. The van der Waals surface area contributed by atoms with E-state index in [0.717, 1.165) is 5.69 Å². The van der Waals surface area contributed by atoms with Crippen LogP contribution >= 0.6 is 0 Å². The van der Waals surface area contributed by atoms with Crippen molar-refractivity contribution in [2.45, 2.75) is 5.41 Å². The highest BCUT2D eigenvalue weighted by atomic mass is 15.0. The normalized spacial score (nSPS) is 13.0. The summed E-state index contributed by atoms with van der Waals surface area (Å²) in [5.74, 6) is 0. The first-order valence-electron chi connectivity index (χ1n) is 20.2. The van der Waals surface area contributed by atoms with E-state index in [0.29, 0.717) is 0 Å². The van der Waals surface area contributed by atoms with Crippen LogP contribution in [-0.2, 0) is 5.41 Å². The Kier molecular flexibility index (Phi) is 7.21. The summed E-state index contributed by atoms with van der Waals surface area (Å²) in [6, 6.07) is 83.2. The van der Waals surface area contributed by atoms with Crippen LogP contribution in [0.4, 0.5) is 0 Å². The van der Waals surface area contributed by atoms with Gasteiger partial charge in [0, 0.05) is 16.5 Å². The molecule has 0 atom stereocenters. The Hall–Kier alpha value is -7.48. The molecule has 1 heteroatoms. The van der Waals surface area contributed by atoms with E-state index >= 15 is 0 Å². The van der Waals surface area contributed by atoms with Crippen LogP contribution in [0.1, 0.15) is 22.3 Å². The predicted octanol–water partition coefficient (Wildman–Crippen LogP) is 14.8. The highest BCUT2D eigenvalue weighted by molar-refractivity contribution is 6.13. The van der Waals surface area contributed by atoms with Gasteiger partial charge in [-0.15, -0.1) is 0 Å². The Morgan fingerprint density at radius 2 is 0.759 bits per heavy atom. The fourth-order valence-corrected chi connectivity index (χ4v) is 10.2. The molecule has 58 heavy (non-hydrogen) atoms. The molecule has 12 rings (SSSR count). The molecule has 0 unspecified atom stereocenters. The standard InChI is InChI=1S/C57H37N/c1-3-19-42(20-4-1)57(43-21-5-2-6-22-43)53-28-12-11-25-49(53)50-32-31-44(37-54(50)57)58-55-33-29-40(47-26-13-17-38-15-7-9-23-45(38)47)35-51(55)52-36-41(30-34-56(52)58)48-27-14-18-39-16-8-10-24-46(39)48/h1-37H. The van der Waals surface area contributed by atoms with Gasteiger partial charge in [0.2, 0.25) is 0 Å². The molecule has 270 valence electrons. The van der Waals surface area contributed by atoms with Crippen LogP contribution in [0.25, 0.3) is 82.4 Å². The van der Waals surface area contributed by atoms with Gasteiger partial charge in [-0.2, -0.15) is 0 Å². The van der Waals surface area contributed by atoms with E-state index in [-0.39, 0.29) is 0 Å². The third-order valence-corrected chi connectivity index (χ3v) is 12.7. The van der Waals surface area contributed by atoms with Gasteiger partial charge in [0.05, 0.1) is 16.4 Å². The van der Waals surface area contributed by atoms with Crippen LogP contribution in [0.2, 0.25) is 0 Å². The van der Waals surface area contributed by atoms with Gasteiger partial charge in [0.1, 0.15) is 0 Å². The molecule has 1 aliphatic rings. The Morgan fingerprint density at radius 3 is 1.34 bits per heavy atom. The number of hydrogen-bond acceptors (Lipinski definition) is 0. The minimum atomic E-state index is -0.480. The van der Waals surface area contributed by atoms with E-state index in [2.05, 4.69) is 229 Å². The highest BCUT2D eigenvalue weighted by Gasteiger charge is 2.46. The molecule has 1 aromatic heterocycles. The van der Waals surface area contributed by atoms with Gasteiger partial charge in [-0.25, -0.2) is 0 Å². The lowest BCUT2D eigenvalue weighted by Gasteiger charge is -2.34. The first-order chi connectivity index (χ1) is 28.8. The first-order valence-corrected chi connectivity index (χ1v) is 20.2. The molecule has 0 spiro atoms. The minimum absolute atomic E-state index is 0.480. The molecular weight excluding hydrogens is 699 g/mol. The van der Waals surface area contributed by atoms with Crippen molar-refractivity contribution < 1.29 is 0 Å². The van der Waals surface area contributed by atoms with Gasteiger partial charge in [0.25, 0.3) is 0 Å². The molecule has 0 saturated heterocycles. The Bertz CT molecular complexity index is 3200. The third kappa shape index (κ3) is 4.71. The summed E-state index contributed by atoms with van der Waals surface area (Å²) < 4.78 is 2.49. The quantitative estimate of drug-likeness (QED) is 0.166. The molecular formula is C57H37N. The van der Waals surface area contributed by atoms with Crippen LogP contribution in [0.3, 0.4) is 0 Å². The zero-order valence-electron chi connectivity index (χ0n) is 31.8. The average Bonchev–Trinajstić information content (AvgIpc) is 3.78. The second kappa shape index (κ2) is 12.8. The van der Waals surface area contributed by atoms with Crippen LogP contribution < -0.4 is 0 Å². The molecule has 1 nitrogen and oxygen atoms in total. The van der Waals surface area contributed by atoms with Gasteiger partial charge in [-0.05, 0) is 114 Å². The summed E-state index contributed by atoms with van der Waals surface area (Å²) in [6.07, 6.45) is 0. The van der Waals surface area contributed by atoms with E-state index in [1.165, 1.54) is 99.0 Å². The third-order valence-electron chi connectivity index (χ3n) is 12.7. The first kappa shape index (κ1) is 32.7. The monoisotopic (exact) mass is 735 g/mol. The molecule has 0 bridgehead atoms. The summed E-state index contributed by atoms with van der Waals surface area (Å²) >= 11 is 0. The average molecular weight is 736 g/mol. The number of nitrogens with zero attached hydrogens (tertiary/aromatic N) is 1. The fourth-order valence-electron chi connectivity index (χ4n) is 10.2. The van der Waals surface area contributed by atoms with Crippen molar-refractivity contribution in [1.82, 2.24) is 4.57 Å². The summed E-state index contributed by atoms with van der Waals surface area (Å²) in [6.45, 7) is 0. The van der Waals surface area contributed by atoms with E-state index in [9.17, 15) is 0 Å². The smallest absolute Gasteiger partial charge is 0.0714 e. The number of hydrogen-bond donors (Lipinski definition) is 0. The lowest BCUT2D eigenvalue weighted by atomic mass is 9.67. The van der Waals surface area contributed by atoms with E-state index < -0.39 is 5.41 Å². The van der Waals surface area contributed by atoms with Crippen molar-refractivity contribution in [3.8, 4) is 39.1 Å². The molecule has 0 radical (unpaired) electrons. The molecule has 1 aliphatic carbocycles. The maximum absolute atomic E-state index is 2.49. The zero-order chi connectivity index (χ0) is 38.2. The maximum Gasteiger partial charge on any atom is 0.0714 e. The molecule has 0 fully saturated rings. The van der Waals surface area contributed by atoms with Crippen molar-refractivity contribution in [3.63, 3.8) is 0 Å². The van der Waals surface area contributed by atoms with Crippen LogP contribution in [0, 0.1) is 0 Å². The molecule has 11 aromatic rings. The molecule has 0 aliphatic heterocycles. The van der Waals surface area contributed by atoms with E-state index in [1.54, 1.807) is 0 Å². The lowest BCUT2D eigenvalue weighted by Crippen LogP contribution is -2.28. The van der Waals surface area contributed by atoms with Gasteiger partial charge in [0.15, 0.2) is 0 Å². The second-order valence-corrected chi connectivity index (χ2v) is 15.6. The number of aromatic nitrogens is 1. The van der Waals surface area contributed by atoms with Crippen molar-refractivity contribution in [2.24, 2.45) is 0 Å². The summed E-state index contributed by atoms with van der Waals surface area (Å²) in [5.41, 5.74) is 15.7. The molecule has 0 N–H and O–H groups in total. The van der Waals surface area contributed by atoms with Crippen molar-refractivity contribution in [3.05, 3.63) is 247 Å². The Labute approximate surface area is 337 Å². The number of rotatable bonds is 5. The summed E-state index contributed by atoms with van der Waals surface area (Å²) in [5, 5.41) is 7.51. The van der Waals surface area contributed by atoms with Crippen LogP contribution in [0.15, 0.2) is 224 Å². The second-order valence-electron chi connectivity index (χ2n) is 15.6. The van der Waals surface area contributed by atoms with Gasteiger partial charge in [-0.1, -0.05) is 188 Å². The van der Waals surface area contributed by atoms with E-state index in [1.807, 2.05) is 0 Å². The summed E-state index contributed by atoms with van der Waals surface area (Å²) in [4.78, 5) is 0. The number of benzene rings is 10. The van der Waals surface area contributed by atoms with Gasteiger partial charge in [-0.3, -0.25) is 0 Å². The number of fused-ring (bicyclic) bond motifs is 8. The van der Waals surface area contributed by atoms with Crippen molar-refractivity contribution >= 4 is 43.4 Å². The highest BCUT2D eigenvalue weighted by Crippen LogP contribution is 2.56. The topological polar surface area (TPSA) is 4.93 Å². The summed E-state index contributed by atoms with van der Waals surface area (Å²) in [7, 11) is 0.